The molecule has 1 saturated heterocycles. The van der Waals surface area contributed by atoms with Gasteiger partial charge in [-0.2, -0.15) is 0 Å². The molecule has 0 aromatic carbocycles. The van der Waals surface area contributed by atoms with Gasteiger partial charge in [0.25, 0.3) is 0 Å². The molecule has 0 spiro atoms. The number of thioether (sulfide) groups is 1. The van der Waals surface area contributed by atoms with Gasteiger partial charge in [-0.25, -0.2) is 4.79 Å². The summed E-state index contributed by atoms with van der Waals surface area (Å²) in [7, 11) is 0. The molecule has 0 aliphatic carbocycles. The van der Waals surface area contributed by atoms with E-state index in [0.29, 0.717) is 31.9 Å². The summed E-state index contributed by atoms with van der Waals surface area (Å²) >= 11 is 1.60. The van der Waals surface area contributed by atoms with Gasteiger partial charge in [0.1, 0.15) is 6.17 Å². The zero-order valence-electron chi connectivity index (χ0n) is 16.6. The van der Waals surface area contributed by atoms with E-state index in [1.807, 2.05) is 27.7 Å². The van der Waals surface area contributed by atoms with Gasteiger partial charge in [0.05, 0.1) is 36.0 Å². The van der Waals surface area contributed by atoms with Crippen molar-refractivity contribution < 1.29 is 19.4 Å². The van der Waals surface area contributed by atoms with Crippen LogP contribution in [0.5, 0.6) is 0 Å². The minimum Gasteiger partial charge on any atom is -0.478 e. The molecule has 0 radical (unpaired) electrons. The molecule has 26 heavy (non-hydrogen) atoms. The van der Waals surface area contributed by atoms with E-state index < -0.39 is 5.97 Å². The molecule has 6 nitrogen and oxygen atoms in total. The highest BCUT2D eigenvalue weighted by atomic mass is 32.2. The Labute approximate surface area is 161 Å². The monoisotopic (exact) mass is 384 g/mol. The Bertz CT molecular complexity index is 562. The second kappa shape index (κ2) is 9.26. The fraction of sp³-hybridized carbons (Fsp3) is 0.737. The average Bonchev–Trinajstić information content (AvgIpc) is 2.56. The highest BCUT2D eigenvalue weighted by Gasteiger charge is 2.34. The molecule has 1 N–H and O–H groups in total. The highest BCUT2D eigenvalue weighted by Crippen LogP contribution is 2.35. The summed E-state index contributed by atoms with van der Waals surface area (Å²) in [5.41, 5.74) is 1.03. The van der Waals surface area contributed by atoms with Gasteiger partial charge in [-0.3, -0.25) is 4.90 Å². The Morgan fingerprint density at radius 1 is 1.38 bits per heavy atom. The molecular weight excluding hydrogens is 352 g/mol. The maximum atomic E-state index is 11.9. The van der Waals surface area contributed by atoms with Crippen LogP contribution in [0.3, 0.4) is 0 Å². The molecule has 1 unspecified atom stereocenters. The average molecular weight is 385 g/mol. The second-order valence-electron chi connectivity index (χ2n) is 7.48. The Hall–Kier alpha value is -1.02. The van der Waals surface area contributed by atoms with E-state index in [0.717, 1.165) is 29.4 Å². The third-order valence-corrected chi connectivity index (χ3v) is 5.37. The summed E-state index contributed by atoms with van der Waals surface area (Å²) in [6.07, 6.45) is 2.12. The maximum Gasteiger partial charge on any atom is 0.338 e. The molecule has 1 atom stereocenters. The third kappa shape index (κ3) is 5.49. The maximum absolute atomic E-state index is 11.9. The Morgan fingerprint density at radius 3 is 2.58 bits per heavy atom. The summed E-state index contributed by atoms with van der Waals surface area (Å²) in [4.78, 5) is 16.5. The van der Waals surface area contributed by atoms with E-state index in [1.165, 1.54) is 0 Å². The topological polar surface area (TPSA) is 62.2 Å². The van der Waals surface area contributed by atoms with Crippen molar-refractivity contribution in [1.82, 2.24) is 9.80 Å². The number of morpholine rings is 1. The molecule has 2 rings (SSSR count). The number of ether oxygens (including phenoxy) is 2. The van der Waals surface area contributed by atoms with Crippen LogP contribution in [0.15, 0.2) is 22.3 Å². The van der Waals surface area contributed by atoms with E-state index >= 15 is 0 Å². The van der Waals surface area contributed by atoms with Gasteiger partial charge in [0.15, 0.2) is 0 Å². The lowest BCUT2D eigenvalue weighted by Gasteiger charge is -2.44. The van der Waals surface area contributed by atoms with Crippen LogP contribution in [0.25, 0.3) is 0 Å². The lowest BCUT2D eigenvalue weighted by Crippen LogP contribution is -2.53. The van der Waals surface area contributed by atoms with E-state index in [4.69, 9.17) is 9.47 Å². The Kier molecular flexibility index (Phi) is 7.58. The molecule has 2 aliphatic rings. The van der Waals surface area contributed by atoms with Crippen LogP contribution in [0.4, 0.5) is 0 Å². The number of hydrogen-bond acceptors (Lipinski definition) is 6. The van der Waals surface area contributed by atoms with Crippen LogP contribution in [0.2, 0.25) is 0 Å². The number of carbonyl (C=O) groups is 1. The van der Waals surface area contributed by atoms with Crippen molar-refractivity contribution in [2.75, 3.05) is 45.2 Å². The lowest BCUT2D eigenvalue weighted by molar-refractivity contribution is -0.132. The van der Waals surface area contributed by atoms with Crippen LogP contribution in [0, 0.1) is 0 Å². The first-order chi connectivity index (χ1) is 12.2. The van der Waals surface area contributed by atoms with Gasteiger partial charge >= 0.3 is 5.97 Å². The summed E-state index contributed by atoms with van der Waals surface area (Å²) < 4.78 is 11.4. The predicted molar refractivity (Wildman–Crippen MR) is 105 cm³/mol. The van der Waals surface area contributed by atoms with Crippen molar-refractivity contribution in [1.29, 1.82) is 0 Å². The standard InChI is InChI=1S/C19H32N2O4S/c1-6-26-17-16(18(22)23)14(2)13-15(20-7-10-24-11-8-20)21(17)9-12-25-19(3,4)5/h13,15H,6-12H2,1-5H3,(H,22,23). The van der Waals surface area contributed by atoms with Gasteiger partial charge in [-0.05, 0) is 45.1 Å². The predicted octanol–water partition coefficient (Wildman–Crippen LogP) is 2.77. The van der Waals surface area contributed by atoms with E-state index in [9.17, 15) is 9.90 Å². The summed E-state index contributed by atoms with van der Waals surface area (Å²) in [5.74, 6) is -0.0388. The molecule has 0 aromatic rings. The Morgan fingerprint density at radius 2 is 2.04 bits per heavy atom. The first-order valence-corrected chi connectivity index (χ1v) is 10.2. The lowest BCUT2D eigenvalue weighted by atomic mass is 10.0. The number of nitrogens with zero attached hydrogens (tertiary/aromatic N) is 2. The SMILES string of the molecule is CCSC1=C(C(=O)O)C(C)=CC(N2CCOCC2)N1CCOC(C)(C)C. The number of rotatable bonds is 7. The van der Waals surface area contributed by atoms with Gasteiger partial charge < -0.3 is 19.5 Å². The fourth-order valence-electron chi connectivity index (χ4n) is 3.21. The summed E-state index contributed by atoms with van der Waals surface area (Å²) in [6.45, 7) is 14.4. The molecule has 0 amide bonds. The van der Waals surface area contributed by atoms with Crippen LogP contribution in [0.1, 0.15) is 34.6 Å². The molecule has 2 aliphatic heterocycles. The van der Waals surface area contributed by atoms with Crippen molar-refractivity contribution in [2.45, 2.75) is 46.4 Å². The Balaban J connectivity index is 2.31. The van der Waals surface area contributed by atoms with Crippen LogP contribution in [-0.4, -0.2) is 77.9 Å². The number of hydrogen-bond donors (Lipinski definition) is 1. The van der Waals surface area contributed by atoms with Crippen molar-refractivity contribution in [3.63, 3.8) is 0 Å². The summed E-state index contributed by atoms with van der Waals surface area (Å²) in [5, 5.41) is 10.6. The first kappa shape index (κ1) is 21.3. The molecule has 1 fully saturated rings. The fourth-order valence-corrected chi connectivity index (χ4v) is 4.24. The van der Waals surface area contributed by atoms with Crippen molar-refractivity contribution in [2.24, 2.45) is 0 Å². The molecule has 7 heteroatoms. The van der Waals surface area contributed by atoms with Crippen LogP contribution < -0.4 is 0 Å². The van der Waals surface area contributed by atoms with Gasteiger partial charge in [-0.1, -0.05) is 6.92 Å². The van der Waals surface area contributed by atoms with Crippen LogP contribution >= 0.6 is 11.8 Å². The van der Waals surface area contributed by atoms with Crippen molar-refractivity contribution in [3.8, 4) is 0 Å². The number of carboxylic acid groups (broad SMARTS) is 1. The normalized spacial score (nSPS) is 22.6. The van der Waals surface area contributed by atoms with Gasteiger partial charge in [-0.15, -0.1) is 11.8 Å². The van der Waals surface area contributed by atoms with Gasteiger partial charge in [0, 0.05) is 19.6 Å². The molecule has 2 heterocycles. The second-order valence-corrected chi connectivity index (χ2v) is 8.74. The molecule has 0 aromatic heterocycles. The number of carboxylic acids is 1. The molecule has 0 saturated carbocycles. The molecule has 148 valence electrons. The van der Waals surface area contributed by atoms with E-state index in [2.05, 4.69) is 22.8 Å². The summed E-state index contributed by atoms with van der Waals surface area (Å²) in [6, 6.07) is 0. The minimum atomic E-state index is -0.864. The van der Waals surface area contributed by atoms with E-state index in [1.54, 1.807) is 11.8 Å². The van der Waals surface area contributed by atoms with Crippen LogP contribution in [-0.2, 0) is 14.3 Å². The third-order valence-electron chi connectivity index (χ3n) is 4.37. The smallest absolute Gasteiger partial charge is 0.338 e. The quantitative estimate of drug-likeness (QED) is 0.724. The minimum absolute atomic E-state index is 0.0413. The zero-order chi connectivity index (χ0) is 19.3. The van der Waals surface area contributed by atoms with E-state index in [-0.39, 0.29) is 11.8 Å². The largest absolute Gasteiger partial charge is 0.478 e. The zero-order valence-corrected chi connectivity index (χ0v) is 17.4. The highest BCUT2D eigenvalue weighted by molar-refractivity contribution is 8.03. The van der Waals surface area contributed by atoms with Crippen molar-refractivity contribution in [3.05, 3.63) is 22.3 Å². The first-order valence-electron chi connectivity index (χ1n) is 9.26. The number of aliphatic carboxylic acids is 1. The molecule has 0 bridgehead atoms. The van der Waals surface area contributed by atoms with Crippen molar-refractivity contribution >= 4 is 17.7 Å². The molecular formula is C19H32N2O4S. The van der Waals surface area contributed by atoms with Gasteiger partial charge in [0.2, 0.25) is 0 Å².